The quantitative estimate of drug-likeness (QED) is 0.641. The average Bonchev–Trinajstić information content (AvgIpc) is 2.24. The summed E-state index contributed by atoms with van der Waals surface area (Å²) in [7, 11) is 0. The van der Waals surface area contributed by atoms with E-state index in [0.29, 0.717) is 18.2 Å². The van der Waals surface area contributed by atoms with Crippen LogP contribution in [0.1, 0.15) is 5.56 Å². The third-order valence-electron chi connectivity index (χ3n) is 1.95. The van der Waals surface area contributed by atoms with Crippen molar-refractivity contribution < 1.29 is 28.0 Å². The predicted molar refractivity (Wildman–Crippen MR) is 54.2 cm³/mol. The third-order valence-corrected chi connectivity index (χ3v) is 1.95. The molecule has 0 fully saturated rings. The molecule has 0 aromatic heterocycles. The lowest BCUT2D eigenvalue weighted by Gasteiger charge is -2.10. The van der Waals surface area contributed by atoms with Crippen molar-refractivity contribution in [2.24, 2.45) is 0 Å². The summed E-state index contributed by atoms with van der Waals surface area (Å²) in [6, 6.07) is 1.73. The number of anilines is 1. The third kappa shape index (κ3) is 3.34. The molecule has 0 saturated heterocycles. The number of alkyl halides is 3. The first-order chi connectivity index (χ1) is 8.21. The van der Waals surface area contributed by atoms with Gasteiger partial charge < -0.3 is 10.4 Å². The molecule has 9 heteroatoms. The lowest BCUT2D eigenvalue weighted by Crippen LogP contribution is -2.14. The van der Waals surface area contributed by atoms with Crippen molar-refractivity contribution in [2.75, 3.05) is 11.9 Å². The van der Waals surface area contributed by atoms with E-state index in [4.69, 9.17) is 5.11 Å². The number of hydrogen-bond acceptors (Lipinski definition) is 4. The summed E-state index contributed by atoms with van der Waals surface area (Å²) < 4.78 is 37.2. The van der Waals surface area contributed by atoms with Gasteiger partial charge >= 0.3 is 12.1 Å². The summed E-state index contributed by atoms with van der Waals surface area (Å²) in [5, 5.41) is 21.0. The molecule has 0 saturated carbocycles. The number of carbonyl (C=O) groups is 1. The standard InChI is InChI=1S/C9H7F3N2O4/c10-9(11,12)5-1-2-7(14(17)18)6(3-5)13-4-8(15)16/h1-3,13H,4H2,(H,15,16). The van der Waals surface area contributed by atoms with Crippen LogP contribution in [0.5, 0.6) is 0 Å². The molecule has 6 nitrogen and oxygen atoms in total. The van der Waals surface area contributed by atoms with Gasteiger partial charge in [-0.3, -0.25) is 14.9 Å². The van der Waals surface area contributed by atoms with Crippen LogP contribution in [-0.2, 0) is 11.0 Å². The Bertz CT molecular complexity index is 487. The zero-order valence-corrected chi connectivity index (χ0v) is 8.69. The minimum absolute atomic E-state index is 0.489. The highest BCUT2D eigenvalue weighted by molar-refractivity contribution is 5.75. The van der Waals surface area contributed by atoms with Crippen LogP contribution < -0.4 is 5.32 Å². The van der Waals surface area contributed by atoms with Gasteiger partial charge in [-0.1, -0.05) is 0 Å². The Kier molecular flexibility index (Phi) is 3.74. The zero-order chi connectivity index (χ0) is 13.9. The number of halogens is 3. The summed E-state index contributed by atoms with van der Waals surface area (Å²) in [5.41, 5.74) is -2.21. The van der Waals surface area contributed by atoms with Crippen LogP contribution in [0.3, 0.4) is 0 Å². The van der Waals surface area contributed by atoms with Gasteiger partial charge in [-0.2, -0.15) is 13.2 Å². The van der Waals surface area contributed by atoms with Gasteiger partial charge in [-0.05, 0) is 12.1 Å². The fourth-order valence-corrected chi connectivity index (χ4v) is 1.18. The molecule has 18 heavy (non-hydrogen) atoms. The monoisotopic (exact) mass is 264 g/mol. The molecule has 0 amide bonds. The SMILES string of the molecule is O=C(O)CNc1cc(C(F)(F)F)ccc1[N+](=O)[O-]. The molecule has 0 unspecified atom stereocenters. The second kappa shape index (κ2) is 4.90. The number of carboxylic acid groups (broad SMARTS) is 1. The van der Waals surface area contributed by atoms with Crippen molar-refractivity contribution >= 4 is 17.3 Å². The maximum Gasteiger partial charge on any atom is 0.416 e. The first-order valence-corrected chi connectivity index (χ1v) is 4.53. The van der Waals surface area contributed by atoms with E-state index in [0.717, 1.165) is 0 Å². The molecule has 0 aliphatic heterocycles. The molecule has 0 spiro atoms. The van der Waals surface area contributed by atoms with E-state index in [1.165, 1.54) is 0 Å². The van der Waals surface area contributed by atoms with Crippen LogP contribution in [0, 0.1) is 10.1 Å². The molecule has 2 N–H and O–H groups in total. The summed E-state index contributed by atoms with van der Waals surface area (Å²) in [5.74, 6) is -1.35. The lowest BCUT2D eigenvalue weighted by molar-refractivity contribution is -0.384. The summed E-state index contributed by atoms with van der Waals surface area (Å²) in [4.78, 5) is 19.9. The van der Waals surface area contributed by atoms with E-state index in [1.807, 2.05) is 0 Å². The van der Waals surface area contributed by atoms with E-state index in [-0.39, 0.29) is 0 Å². The molecule has 0 aliphatic rings. The van der Waals surface area contributed by atoms with Crippen molar-refractivity contribution in [1.29, 1.82) is 0 Å². The molecule has 98 valence electrons. The Morgan fingerprint density at radius 2 is 2.06 bits per heavy atom. The van der Waals surface area contributed by atoms with E-state index in [1.54, 1.807) is 0 Å². The van der Waals surface area contributed by atoms with Crippen LogP contribution in [0.25, 0.3) is 0 Å². The smallest absolute Gasteiger partial charge is 0.416 e. The Morgan fingerprint density at radius 1 is 1.44 bits per heavy atom. The lowest BCUT2D eigenvalue weighted by atomic mass is 10.1. The molecule has 0 radical (unpaired) electrons. The zero-order valence-electron chi connectivity index (χ0n) is 8.69. The Balaban J connectivity index is 3.15. The number of nitro groups is 1. The normalized spacial score (nSPS) is 11.1. The number of benzene rings is 1. The molecule has 0 aliphatic carbocycles. The predicted octanol–water partition coefficient (Wildman–Crippen LogP) is 2.11. The Morgan fingerprint density at radius 3 is 2.50 bits per heavy atom. The molecule has 1 rings (SSSR count). The van der Waals surface area contributed by atoms with Gasteiger partial charge in [0.2, 0.25) is 0 Å². The molecular weight excluding hydrogens is 257 g/mol. The summed E-state index contributed by atoms with van der Waals surface area (Å²) in [6.07, 6.45) is -4.66. The number of aliphatic carboxylic acids is 1. The number of nitrogens with zero attached hydrogens (tertiary/aromatic N) is 1. The van der Waals surface area contributed by atoms with Gasteiger partial charge in [0, 0.05) is 6.07 Å². The van der Waals surface area contributed by atoms with E-state index in [2.05, 4.69) is 5.32 Å². The van der Waals surface area contributed by atoms with Crippen molar-refractivity contribution in [1.82, 2.24) is 0 Å². The van der Waals surface area contributed by atoms with Crippen LogP contribution in [0.15, 0.2) is 18.2 Å². The Labute approximate surface area is 98.2 Å². The van der Waals surface area contributed by atoms with Gasteiger partial charge in [0.1, 0.15) is 12.2 Å². The fraction of sp³-hybridized carbons (Fsp3) is 0.222. The van der Waals surface area contributed by atoms with E-state index in [9.17, 15) is 28.1 Å². The highest BCUT2D eigenvalue weighted by Gasteiger charge is 2.32. The molecular formula is C9H7F3N2O4. The van der Waals surface area contributed by atoms with Gasteiger partial charge in [0.15, 0.2) is 0 Å². The van der Waals surface area contributed by atoms with Gasteiger partial charge in [0.25, 0.3) is 5.69 Å². The van der Waals surface area contributed by atoms with Gasteiger partial charge in [-0.15, -0.1) is 0 Å². The topological polar surface area (TPSA) is 92.5 Å². The fourth-order valence-electron chi connectivity index (χ4n) is 1.18. The number of rotatable bonds is 4. The number of nitro benzene ring substituents is 1. The van der Waals surface area contributed by atoms with Crippen molar-refractivity contribution in [3.8, 4) is 0 Å². The van der Waals surface area contributed by atoms with E-state index < -0.39 is 40.6 Å². The van der Waals surface area contributed by atoms with Gasteiger partial charge in [0.05, 0.1) is 10.5 Å². The van der Waals surface area contributed by atoms with E-state index >= 15 is 0 Å². The first kappa shape index (κ1) is 13.7. The molecule has 0 atom stereocenters. The maximum atomic E-state index is 12.4. The summed E-state index contributed by atoms with van der Waals surface area (Å²) in [6.45, 7) is -0.720. The van der Waals surface area contributed by atoms with Crippen LogP contribution in [0.4, 0.5) is 24.5 Å². The van der Waals surface area contributed by atoms with Crippen LogP contribution in [-0.4, -0.2) is 22.5 Å². The largest absolute Gasteiger partial charge is 0.480 e. The molecule has 0 bridgehead atoms. The average molecular weight is 264 g/mol. The summed E-state index contributed by atoms with van der Waals surface area (Å²) >= 11 is 0. The minimum Gasteiger partial charge on any atom is -0.480 e. The van der Waals surface area contributed by atoms with Gasteiger partial charge in [-0.25, -0.2) is 0 Å². The molecule has 1 aromatic rings. The molecule has 1 aromatic carbocycles. The number of carboxylic acids is 1. The minimum atomic E-state index is -4.66. The molecule has 0 heterocycles. The van der Waals surface area contributed by atoms with Crippen LogP contribution in [0.2, 0.25) is 0 Å². The number of hydrogen-bond donors (Lipinski definition) is 2. The Hall–Kier alpha value is -2.32. The second-order valence-corrected chi connectivity index (χ2v) is 3.23. The maximum absolute atomic E-state index is 12.4. The second-order valence-electron chi connectivity index (χ2n) is 3.23. The first-order valence-electron chi connectivity index (χ1n) is 4.53. The highest BCUT2D eigenvalue weighted by atomic mass is 19.4. The van der Waals surface area contributed by atoms with Crippen molar-refractivity contribution in [3.63, 3.8) is 0 Å². The van der Waals surface area contributed by atoms with Crippen LogP contribution >= 0.6 is 0 Å². The highest BCUT2D eigenvalue weighted by Crippen LogP contribution is 2.34. The van der Waals surface area contributed by atoms with Crippen molar-refractivity contribution in [2.45, 2.75) is 6.18 Å². The van der Waals surface area contributed by atoms with Crippen molar-refractivity contribution in [3.05, 3.63) is 33.9 Å². The number of nitrogens with one attached hydrogen (secondary N) is 1.